The van der Waals surface area contributed by atoms with E-state index in [4.69, 9.17) is 4.74 Å². The fourth-order valence-corrected chi connectivity index (χ4v) is 2.57. The van der Waals surface area contributed by atoms with Gasteiger partial charge in [-0.15, -0.1) is 0 Å². The minimum absolute atomic E-state index is 0.234. The molecule has 1 aromatic carbocycles. The molecule has 1 aliphatic rings. The zero-order valence-corrected chi connectivity index (χ0v) is 12.3. The van der Waals surface area contributed by atoms with Gasteiger partial charge in [0, 0.05) is 13.2 Å². The van der Waals surface area contributed by atoms with Gasteiger partial charge in [0.2, 0.25) is 0 Å². The smallest absolute Gasteiger partial charge is 0.0951 e. The van der Waals surface area contributed by atoms with Crippen LogP contribution in [0.2, 0.25) is 0 Å². The molecule has 2 heteroatoms. The number of likely N-dealkylation sites (tertiary alicyclic amines) is 1. The highest BCUT2D eigenvalue weighted by Gasteiger charge is 2.19. The zero-order chi connectivity index (χ0) is 13.5. The number of rotatable bonds is 7. The predicted molar refractivity (Wildman–Crippen MR) is 80.3 cm³/mol. The summed E-state index contributed by atoms with van der Waals surface area (Å²) in [6, 6.07) is 10.7. The molecule has 0 spiro atoms. The summed E-state index contributed by atoms with van der Waals surface area (Å²) in [6.45, 7) is 8.88. The van der Waals surface area contributed by atoms with E-state index in [1.807, 2.05) is 0 Å². The van der Waals surface area contributed by atoms with E-state index < -0.39 is 0 Å². The van der Waals surface area contributed by atoms with Crippen LogP contribution in [0.1, 0.15) is 44.8 Å². The molecule has 0 saturated carbocycles. The Kier molecular flexibility index (Phi) is 5.87. The van der Waals surface area contributed by atoms with Crippen LogP contribution in [0.5, 0.6) is 0 Å². The molecule has 2 rings (SSSR count). The molecule has 1 atom stereocenters. The number of nitrogens with zero attached hydrogens (tertiary/aromatic N) is 1. The van der Waals surface area contributed by atoms with Crippen molar-refractivity contribution < 1.29 is 4.74 Å². The van der Waals surface area contributed by atoms with E-state index in [1.165, 1.54) is 31.5 Å². The summed E-state index contributed by atoms with van der Waals surface area (Å²) in [6.07, 6.45) is 4.06. The maximum Gasteiger partial charge on any atom is 0.0951 e. The monoisotopic (exact) mass is 261 g/mol. The molecule has 0 radical (unpaired) electrons. The quantitative estimate of drug-likeness (QED) is 0.738. The van der Waals surface area contributed by atoms with Crippen molar-refractivity contribution in [3.05, 3.63) is 35.9 Å². The van der Waals surface area contributed by atoms with Crippen molar-refractivity contribution in [1.82, 2.24) is 4.90 Å². The molecule has 0 bridgehead atoms. The molecule has 0 aromatic heterocycles. The van der Waals surface area contributed by atoms with Crippen molar-refractivity contribution in [3.63, 3.8) is 0 Å². The van der Waals surface area contributed by atoms with Crippen LogP contribution in [0.3, 0.4) is 0 Å². The van der Waals surface area contributed by atoms with Crippen LogP contribution in [0, 0.1) is 5.92 Å². The largest absolute Gasteiger partial charge is 0.372 e. The van der Waals surface area contributed by atoms with E-state index in [2.05, 4.69) is 49.1 Å². The second-order valence-electron chi connectivity index (χ2n) is 5.96. The molecule has 19 heavy (non-hydrogen) atoms. The molecule has 106 valence electrons. The molecule has 1 unspecified atom stereocenters. The lowest BCUT2D eigenvalue weighted by Crippen LogP contribution is -2.27. The highest BCUT2D eigenvalue weighted by molar-refractivity contribution is 5.18. The fraction of sp³-hybridized carbons (Fsp3) is 0.647. The van der Waals surface area contributed by atoms with Crippen LogP contribution in [0.4, 0.5) is 0 Å². The van der Waals surface area contributed by atoms with Gasteiger partial charge >= 0.3 is 0 Å². The lowest BCUT2D eigenvalue weighted by molar-refractivity contribution is 0.0242. The molecule has 1 saturated heterocycles. The molecule has 0 N–H and O–H groups in total. The van der Waals surface area contributed by atoms with E-state index in [9.17, 15) is 0 Å². The first kappa shape index (κ1) is 14.5. The summed E-state index contributed by atoms with van der Waals surface area (Å²) in [5, 5.41) is 0. The summed E-state index contributed by atoms with van der Waals surface area (Å²) >= 11 is 0. The predicted octanol–water partition coefficient (Wildman–Crippen LogP) is 3.89. The van der Waals surface area contributed by atoms with Gasteiger partial charge in [0.05, 0.1) is 6.10 Å². The third-order valence-electron chi connectivity index (χ3n) is 3.81. The van der Waals surface area contributed by atoms with Crippen molar-refractivity contribution in [1.29, 1.82) is 0 Å². The van der Waals surface area contributed by atoms with Gasteiger partial charge in [-0.05, 0) is 43.8 Å². The average Bonchev–Trinajstić information content (AvgIpc) is 2.91. The van der Waals surface area contributed by atoms with Gasteiger partial charge in [0.15, 0.2) is 0 Å². The highest BCUT2D eigenvalue weighted by atomic mass is 16.5. The Bertz CT molecular complexity index is 344. The second kappa shape index (κ2) is 7.66. The Labute approximate surface area is 117 Å². The van der Waals surface area contributed by atoms with E-state index in [-0.39, 0.29) is 6.10 Å². The molecular formula is C17H27NO. The third-order valence-corrected chi connectivity index (χ3v) is 3.81. The SMILES string of the molecule is CC(C)CCOC(CN1CCCC1)c1ccccc1. The minimum Gasteiger partial charge on any atom is -0.372 e. The van der Waals surface area contributed by atoms with Gasteiger partial charge in [-0.2, -0.15) is 0 Å². The topological polar surface area (TPSA) is 12.5 Å². The molecule has 2 nitrogen and oxygen atoms in total. The van der Waals surface area contributed by atoms with Crippen LogP contribution < -0.4 is 0 Å². The Morgan fingerprint density at radius 3 is 2.42 bits per heavy atom. The third kappa shape index (κ3) is 4.96. The molecule has 0 amide bonds. The number of hydrogen-bond acceptors (Lipinski definition) is 2. The van der Waals surface area contributed by atoms with Crippen LogP contribution in [0.25, 0.3) is 0 Å². The standard InChI is InChI=1S/C17H27NO/c1-15(2)10-13-19-17(14-18-11-6-7-12-18)16-8-4-3-5-9-16/h3-5,8-9,15,17H,6-7,10-14H2,1-2H3. The van der Waals surface area contributed by atoms with Crippen molar-refractivity contribution in [3.8, 4) is 0 Å². The van der Waals surface area contributed by atoms with Crippen molar-refractivity contribution in [2.24, 2.45) is 5.92 Å². The van der Waals surface area contributed by atoms with Crippen molar-refractivity contribution >= 4 is 0 Å². The maximum atomic E-state index is 6.16. The first-order chi connectivity index (χ1) is 9.25. The first-order valence-corrected chi connectivity index (χ1v) is 7.64. The van der Waals surface area contributed by atoms with Crippen LogP contribution in [0.15, 0.2) is 30.3 Å². The van der Waals surface area contributed by atoms with E-state index in [1.54, 1.807) is 0 Å². The van der Waals surface area contributed by atoms with Gasteiger partial charge < -0.3 is 9.64 Å². The number of ether oxygens (including phenoxy) is 1. The minimum atomic E-state index is 0.234. The molecule has 1 aromatic rings. The molecule has 0 aliphatic carbocycles. The summed E-state index contributed by atoms with van der Waals surface area (Å²) in [7, 11) is 0. The van der Waals surface area contributed by atoms with Crippen LogP contribution in [-0.2, 0) is 4.74 Å². The maximum absolute atomic E-state index is 6.16. The van der Waals surface area contributed by atoms with Crippen LogP contribution in [-0.4, -0.2) is 31.1 Å². The van der Waals surface area contributed by atoms with Gasteiger partial charge in [-0.1, -0.05) is 44.2 Å². The summed E-state index contributed by atoms with van der Waals surface area (Å²) in [4.78, 5) is 2.53. The van der Waals surface area contributed by atoms with Gasteiger partial charge in [0.25, 0.3) is 0 Å². The Morgan fingerprint density at radius 1 is 1.11 bits per heavy atom. The second-order valence-corrected chi connectivity index (χ2v) is 5.96. The van der Waals surface area contributed by atoms with E-state index in [0.717, 1.165) is 19.6 Å². The number of benzene rings is 1. The van der Waals surface area contributed by atoms with Crippen LogP contribution >= 0.6 is 0 Å². The van der Waals surface area contributed by atoms with Gasteiger partial charge in [-0.3, -0.25) is 0 Å². The molecular weight excluding hydrogens is 234 g/mol. The lowest BCUT2D eigenvalue weighted by atomic mass is 10.1. The normalized spacial score (nSPS) is 18.1. The lowest BCUT2D eigenvalue weighted by Gasteiger charge is -2.24. The highest BCUT2D eigenvalue weighted by Crippen LogP contribution is 2.21. The fourth-order valence-electron chi connectivity index (χ4n) is 2.57. The molecule has 1 aliphatic heterocycles. The average molecular weight is 261 g/mol. The molecule has 1 fully saturated rings. The van der Waals surface area contributed by atoms with E-state index in [0.29, 0.717) is 5.92 Å². The Hall–Kier alpha value is -0.860. The zero-order valence-electron chi connectivity index (χ0n) is 12.3. The first-order valence-electron chi connectivity index (χ1n) is 7.64. The van der Waals surface area contributed by atoms with Crippen molar-refractivity contribution in [2.45, 2.75) is 39.2 Å². The molecule has 1 heterocycles. The summed E-state index contributed by atoms with van der Waals surface area (Å²) < 4.78 is 6.16. The Morgan fingerprint density at radius 2 is 1.79 bits per heavy atom. The van der Waals surface area contributed by atoms with Gasteiger partial charge in [-0.25, -0.2) is 0 Å². The Balaban J connectivity index is 1.92. The summed E-state index contributed by atoms with van der Waals surface area (Å²) in [5.41, 5.74) is 1.32. The van der Waals surface area contributed by atoms with E-state index >= 15 is 0 Å². The number of hydrogen-bond donors (Lipinski definition) is 0. The summed E-state index contributed by atoms with van der Waals surface area (Å²) in [5.74, 6) is 0.711. The van der Waals surface area contributed by atoms with Gasteiger partial charge in [0.1, 0.15) is 0 Å². The van der Waals surface area contributed by atoms with Crippen molar-refractivity contribution in [2.75, 3.05) is 26.2 Å².